The maximum Gasteiger partial charge on any atom is 0.137 e. The maximum atomic E-state index is 9.88. The number of aromatic nitrogens is 1. The van der Waals surface area contributed by atoms with Gasteiger partial charge in [0.1, 0.15) is 16.8 Å². The van der Waals surface area contributed by atoms with Gasteiger partial charge in [-0.3, -0.25) is 9.62 Å². The average Bonchev–Trinajstić information content (AvgIpc) is 3.54. The fraction of sp³-hybridized carbons (Fsp3) is 0.448. The van der Waals surface area contributed by atoms with E-state index in [1.54, 1.807) is 23.3 Å². The molecule has 3 aromatic rings. The number of nitriles is 1. The van der Waals surface area contributed by atoms with E-state index in [-0.39, 0.29) is 12.2 Å². The zero-order chi connectivity index (χ0) is 25.8. The van der Waals surface area contributed by atoms with Gasteiger partial charge in [0.2, 0.25) is 0 Å². The standard InChI is InChI=1S/C29H34N4O2S2/c1-19(2)35-27-11-8-20(15-21(27)16-30)29-31-17-28(37-29)25-7-3-6-24-23(25)9-10-26(24)32-36-14-13-33-12-4-5-22(34)18-33/h3,6-8,11,15,17,19,22,26,32,34H,4-5,9-10,12-14,18H2,1-2H3. The Morgan fingerprint density at radius 1 is 1.30 bits per heavy atom. The highest BCUT2D eigenvalue weighted by Crippen LogP contribution is 2.41. The van der Waals surface area contributed by atoms with Crippen molar-refractivity contribution in [2.24, 2.45) is 0 Å². The number of aliphatic hydroxyl groups is 1. The molecule has 194 valence electrons. The number of thiazole rings is 1. The summed E-state index contributed by atoms with van der Waals surface area (Å²) < 4.78 is 9.48. The van der Waals surface area contributed by atoms with E-state index >= 15 is 0 Å². The molecule has 1 saturated heterocycles. The molecule has 0 saturated carbocycles. The molecule has 0 radical (unpaired) electrons. The molecule has 8 heteroatoms. The Labute approximate surface area is 227 Å². The molecule has 1 fully saturated rings. The van der Waals surface area contributed by atoms with E-state index in [0.717, 1.165) is 66.5 Å². The third kappa shape index (κ3) is 6.19. The monoisotopic (exact) mass is 534 g/mol. The molecule has 2 unspecified atom stereocenters. The van der Waals surface area contributed by atoms with Crippen molar-refractivity contribution in [3.05, 3.63) is 59.3 Å². The lowest BCUT2D eigenvalue weighted by Crippen LogP contribution is -2.39. The first kappa shape index (κ1) is 26.2. The fourth-order valence-electron chi connectivity index (χ4n) is 5.22. The number of aliphatic hydroxyl groups excluding tert-OH is 1. The Balaban J connectivity index is 1.25. The van der Waals surface area contributed by atoms with E-state index in [1.165, 1.54) is 16.7 Å². The van der Waals surface area contributed by atoms with Crippen molar-refractivity contribution in [3.63, 3.8) is 0 Å². The van der Waals surface area contributed by atoms with Crippen molar-refractivity contribution >= 4 is 23.3 Å². The van der Waals surface area contributed by atoms with Gasteiger partial charge in [0.25, 0.3) is 0 Å². The summed E-state index contributed by atoms with van der Waals surface area (Å²) in [5.41, 5.74) is 5.53. The molecule has 0 amide bonds. The molecule has 5 rings (SSSR count). The fourth-order valence-corrected chi connectivity index (χ4v) is 7.09. The van der Waals surface area contributed by atoms with Crippen LogP contribution in [0.15, 0.2) is 42.6 Å². The minimum absolute atomic E-state index is 0.0185. The number of nitrogens with zero attached hydrogens (tertiary/aromatic N) is 3. The van der Waals surface area contributed by atoms with Crippen LogP contribution in [-0.4, -0.2) is 52.6 Å². The molecule has 1 aliphatic heterocycles. The van der Waals surface area contributed by atoms with E-state index in [9.17, 15) is 10.4 Å². The SMILES string of the molecule is CC(C)Oc1ccc(-c2ncc(-c3cccc4c3CCC4NSCCN3CCCC(O)C3)s2)cc1C#N. The first-order valence-corrected chi connectivity index (χ1v) is 14.9. The van der Waals surface area contributed by atoms with Gasteiger partial charge in [0, 0.05) is 36.6 Å². The zero-order valence-electron chi connectivity index (χ0n) is 21.4. The maximum absolute atomic E-state index is 9.88. The number of likely N-dealkylation sites (tertiary alicyclic amines) is 1. The van der Waals surface area contributed by atoms with Crippen molar-refractivity contribution in [1.29, 1.82) is 5.26 Å². The smallest absolute Gasteiger partial charge is 0.137 e. The molecule has 1 aliphatic carbocycles. The number of rotatable bonds is 9. The third-order valence-corrected chi connectivity index (χ3v) is 8.88. The molecular weight excluding hydrogens is 500 g/mol. The third-order valence-electron chi connectivity index (χ3n) is 6.97. The topological polar surface area (TPSA) is 81.4 Å². The average molecular weight is 535 g/mol. The van der Waals surface area contributed by atoms with E-state index in [4.69, 9.17) is 9.72 Å². The van der Waals surface area contributed by atoms with Crippen molar-refractivity contribution in [2.45, 2.75) is 57.8 Å². The van der Waals surface area contributed by atoms with Gasteiger partial charge in [-0.25, -0.2) is 4.98 Å². The first-order chi connectivity index (χ1) is 18.0. The van der Waals surface area contributed by atoms with E-state index in [1.807, 2.05) is 38.2 Å². The van der Waals surface area contributed by atoms with Crippen LogP contribution in [0.4, 0.5) is 0 Å². The Bertz CT molecular complexity index is 1270. The lowest BCUT2D eigenvalue weighted by atomic mass is 10.0. The summed E-state index contributed by atoms with van der Waals surface area (Å²) in [5.74, 6) is 1.63. The molecule has 0 spiro atoms. The summed E-state index contributed by atoms with van der Waals surface area (Å²) in [6, 6.07) is 14.9. The van der Waals surface area contributed by atoms with Crippen molar-refractivity contribution in [3.8, 4) is 32.8 Å². The minimum atomic E-state index is -0.161. The van der Waals surface area contributed by atoms with E-state index in [2.05, 4.69) is 33.9 Å². The number of hydrogen-bond acceptors (Lipinski definition) is 8. The van der Waals surface area contributed by atoms with Gasteiger partial charge in [-0.05, 0) is 81.0 Å². The highest BCUT2D eigenvalue weighted by atomic mass is 32.2. The lowest BCUT2D eigenvalue weighted by molar-refractivity contribution is 0.0743. The van der Waals surface area contributed by atoms with Gasteiger partial charge in [0.15, 0.2) is 0 Å². The van der Waals surface area contributed by atoms with Gasteiger partial charge in [0.05, 0.1) is 22.6 Å². The second-order valence-electron chi connectivity index (χ2n) is 10.0. The molecule has 0 bridgehead atoms. The van der Waals surface area contributed by atoms with Gasteiger partial charge in [-0.2, -0.15) is 5.26 Å². The minimum Gasteiger partial charge on any atom is -0.490 e. The predicted molar refractivity (Wildman–Crippen MR) is 152 cm³/mol. The molecule has 6 nitrogen and oxygen atoms in total. The van der Waals surface area contributed by atoms with Gasteiger partial charge in [-0.15, -0.1) is 11.3 Å². The number of β-amino-alcohol motifs (C(OH)–C–C–N with tert-alkyl or cyclic N) is 1. The van der Waals surface area contributed by atoms with Gasteiger partial charge >= 0.3 is 0 Å². The van der Waals surface area contributed by atoms with Crippen molar-refractivity contribution < 1.29 is 9.84 Å². The number of benzene rings is 2. The van der Waals surface area contributed by atoms with Gasteiger partial charge < -0.3 is 9.84 Å². The molecule has 2 heterocycles. The summed E-state index contributed by atoms with van der Waals surface area (Å²) >= 11 is 3.47. The second kappa shape index (κ2) is 12.0. The second-order valence-corrected chi connectivity index (χ2v) is 12.0. The molecule has 1 aromatic heterocycles. The summed E-state index contributed by atoms with van der Waals surface area (Å²) in [4.78, 5) is 8.24. The van der Waals surface area contributed by atoms with Gasteiger partial charge in [-0.1, -0.05) is 30.1 Å². The molecule has 2 aromatic carbocycles. The van der Waals surface area contributed by atoms with E-state index < -0.39 is 0 Å². The number of ether oxygens (including phenoxy) is 1. The number of hydrogen-bond donors (Lipinski definition) is 2. The Kier molecular flexibility index (Phi) is 8.48. The number of nitrogens with one attached hydrogen (secondary N) is 1. The Hall–Kier alpha value is -2.41. The molecular formula is C29H34N4O2S2. The summed E-state index contributed by atoms with van der Waals surface area (Å²) in [5, 5.41) is 20.4. The highest BCUT2D eigenvalue weighted by molar-refractivity contribution is 7.97. The van der Waals surface area contributed by atoms with Crippen LogP contribution < -0.4 is 9.46 Å². The molecule has 2 aliphatic rings. The van der Waals surface area contributed by atoms with Crippen LogP contribution in [-0.2, 0) is 6.42 Å². The highest BCUT2D eigenvalue weighted by Gasteiger charge is 2.26. The van der Waals surface area contributed by atoms with E-state index in [0.29, 0.717) is 17.4 Å². The molecule has 2 N–H and O–H groups in total. The number of fused-ring (bicyclic) bond motifs is 1. The molecule has 2 atom stereocenters. The van der Waals surface area contributed by atoms with Crippen molar-refractivity contribution in [2.75, 3.05) is 25.4 Å². The van der Waals surface area contributed by atoms with Crippen LogP contribution in [0.5, 0.6) is 5.75 Å². The Morgan fingerprint density at radius 3 is 3.00 bits per heavy atom. The zero-order valence-corrected chi connectivity index (χ0v) is 23.1. The Morgan fingerprint density at radius 2 is 2.19 bits per heavy atom. The van der Waals surface area contributed by atoms with Crippen LogP contribution >= 0.6 is 23.3 Å². The van der Waals surface area contributed by atoms with Crippen LogP contribution in [0, 0.1) is 11.3 Å². The summed E-state index contributed by atoms with van der Waals surface area (Å²) in [6.07, 6.45) is 5.99. The quantitative estimate of drug-likeness (QED) is 0.265. The van der Waals surface area contributed by atoms with Crippen LogP contribution in [0.1, 0.15) is 55.8 Å². The summed E-state index contributed by atoms with van der Waals surface area (Å²) in [7, 11) is 0. The van der Waals surface area contributed by atoms with Crippen LogP contribution in [0.3, 0.4) is 0 Å². The predicted octanol–water partition coefficient (Wildman–Crippen LogP) is 5.82. The van der Waals surface area contributed by atoms with Crippen LogP contribution in [0.2, 0.25) is 0 Å². The normalized spacial score (nSPS) is 19.6. The first-order valence-electron chi connectivity index (χ1n) is 13.1. The molecule has 37 heavy (non-hydrogen) atoms. The van der Waals surface area contributed by atoms with Crippen LogP contribution in [0.25, 0.3) is 21.0 Å². The lowest BCUT2D eigenvalue weighted by Gasteiger charge is -2.29. The largest absolute Gasteiger partial charge is 0.490 e. The summed E-state index contributed by atoms with van der Waals surface area (Å²) in [6.45, 7) is 6.83. The van der Waals surface area contributed by atoms with Crippen molar-refractivity contribution in [1.82, 2.24) is 14.6 Å². The number of piperidine rings is 1.